The average Bonchev–Trinajstić information content (AvgIpc) is 2.60. The third-order valence-corrected chi connectivity index (χ3v) is 3.27. The van der Waals surface area contributed by atoms with Gasteiger partial charge in [-0.15, -0.1) is 0 Å². The molecule has 1 aromatic carbocycles. The highest BCUT2D eigenvalue weighted by Crippen LogP contribution is 2.25. The Balaban J connectivity index is 2.05. The molecule has 6 heteroatoms. The lowest BCUT2D eigenvalue weighted by Crippen LogP contribution is -2.17. The molecule has 122 valence electrons. The van der Waals surface area contributed by atoms with Gasteiger partial charge in [-0.1, -0.05) is 6.07 Å². The van der Waals surface area contributed by atoms with Crippen LogP contribution in [0, 0.1) is 18.3 Å². The summed E-state index contributed by atoms with van der Waals surface area (Å²) in [6.07, 6.45) is 4.77. The first-order valence-corrected chi connectivity index (χ1v) is 7.32. The van der Waals surface area contributed by atoms with Gasteiger partial charge in [-0.25, -0.2) is 0 Å². The number of hydrogen-bond donors (Lipinski definition) is 2. The van der Waals surface area contributed by atoms with Crippen molar-refractivity contribution in [3.8, 4) is 11.8 Å². The number of pyridine rings is 1. The Morgan fingerprint density at radius 3 is 2.75 bits per heavy atom. The molecule has 2 aromatic rings. The van der Waals surface area contributed by atoms with Gasteiger partial charge in [-0.05, 0) is 42.3 Å². The molecule has 0 spiro atoms. The summed E-state index contributed by atoms with van der Waals surface area (Å²) in [6, 6.07) is 11.0. The Hall–Kier alpha value is -3.33. The normalized spacial score (nSPS) is 10.6. The zero-order chi connectivity index (χ0) is 17.4. The highest BCUT2D eigenvalue weighted by Gasteiger charge is 2.12. The second-order valence-corrected chi connectivity index (χ2v) is 5.06. The van der Waals surface area contributed by atoms with Crippen molar-refractivity contribution in [1.29, 1.82) is 5.26 Å². The van der Waals surface area contributed by atoms with E-state index in [2.05, 4.69) is 15.6 Å². The zero-order valence-electron chi connectivity index (χ0n) is 13.5. The Bertz CT molecular complexity index is 779. The first-order valence-electron chi connectivity index (χ1n) is 7.32. The summed E-state index contributed by atoms with van der Waals surface area (Å²) in [5.74, 6) is 0.0413. The van der Waals surface area contributed by atoms with E-state index in [0.29, 0.717) is 18.0 Å². The maximum absolute atomic E-state index is 12.3. The maximum Gasteiger partial charge on any atom is 0.267 e. The number of nitrogens with zero attached hydrogens (tertiary/aromatic N) is 2. The number of nitriles is 1. The van der Waals surface area contributed by atoms with Gasteiger partial charge < -0.3 is 15.4 Å². The van der Waals surface area contributed by atoms with Gasteiger partial charge in [0.2, 0.25) is 0 Å². The molecule has 1 heterocycles. The number of anilines is 1. The molecule has 0 bridgehead atoms. The molecule has 0 saturated carbocycles. The van der Waals surface area contributed by atoms with Gasteiger partial charge in [0.1, 0.15) is 17.4 Å². The fourth-order valence-electron chi connectivity index (χ4n) is 2.03. The van der Waals surface area contributed by atoms with Crippen LogP contribution in [0.1, 0.15) is 11.1 Å². The van der Waals surface area contributed by atoms with Gasteiger partial charge in [-0.3, -0.25) is 9.78 Å². The molecule has 6 nitrogen and oxygen atoms in total. The third-order valence-electron chi connectivity index (χ3n) is 3.27. The van der Waals surface area contributed by atoms with Crippen molar-refractivity contribution in [2.75, 3.05) is 12.4 Å². The number of nitrogens with one attached hydrogen (secondary N) is 2. The summed E-state index contributed by atoms with van der Waals surface area (Å²) >= 11 is 0. The van der Waals surface area contributed by atoms with Crippen LogP contribution >= 0.6 is 0 Å². The second kappa shape index (κ2) is 8.34. The predicted molar refractivity (Wildman–Crippen MR) is 91.1 cm³/mol. The van der Waals surface area contributed by atoms with Crippen molar-refractivity contribution in [2.45, 2.75) is 13.5 Å². The molecule has 2 N–H and O–H groups in total. The summed E-state index contributed by atoms with van der Waals surface area (Å²) in [5.41, 5.74) is 2.48. The minimum atomic E-state index is -0.497. The number of rotatable bonds is 6. The highest BCUT2D eigenvalue weighted by atomic mass is 16.5. The molecule has 2 rings (SSSR count). The molecule has 0 atom stereocenters. The van der Waals surface area contributed by atoms with Gasteiger partial charge in [0, 0.05) is 25.1 Å². The lowest BCUT2D eigenvalue weighted by Gasteiger charge is -2.10. The van der Waals surface area contributed by atoms with Crippen molar-refractivity contribution >= 4 is 11.6 Å². The summed E-state index contributed by atoms with van der Waals surface area (Å²) in [5, 5.41) is 14.8. The van der Waals surface area contributed by atoms with Crippen LogP contribution in [0.2, 0.25) is 0 Å². The fraction of sp³-hybridized carbons (Fsp3) is 0.167. The molecule has 1 amide bonds. The van der Waals surface area contributed by atoms with E-state index >= 15 is 0 Å². The standard InChI is InChI=1S/C18H18N4O2/c1-13-3-4-17(24-2)16(9-13)22-18(23)15(10-19)12-21-11-14-5-7-20-8-6-14/h3-9,12,21H,11H2,1-2H3,(H,22,23)/b15-12-. The number of hydrogen-bond acceptors (Lipinski definition) is 5. The third kappa shape index (κ3) is 4.58. The molecule has 24 heavy (non-hydrogen) atoms. The van der Waals surface area contributed by atoms with E-state index in [1.807, 2.05) is 31.2 Å². The van der Waals surface area contributed by atoms with Crippen LogP contribution in [0.25, 0.3) is 0 Å². The zero-order valence-corrected chi connectivity index (χ0v) is 13.5. The lowest BCUT2D eigenvalue weighted by atomic mass is 10.2. The van der Waals surface area contributed by atoms with Gasteiger partial charge in [-0.2, -0.15) is 5.26 Å². The molecular weight excluding hydrogens is 304 g/mol. The molecule has 1 aromatic heterocycles. The maximum atomic E-state index is 12.3. The Kier molecular flexibility index (Phi) is 5.92. The van der Waals surface area contributed by atoms with Gasteiger partial charge in [0.05, 0.1) is 12.8 Å². The number of aryl methyl sites for hydroxylation is 1. The molecule has 0 radical (unpaired) electrons. The molecule has 0 aliphatic heterocycles. The topological polar surface area (TPSA) is 87.0 Å². The Morgan fingerprint density at radius 2 is 2.08 bits per heavy atom. The molecular formula is C18H18N4O2. The summed E-state index contributed by atoms with van der Waals surface area (Å²) < 4.78 is 5.21. The average molecular weight is 322 g/mol. The summed E-state index contributed by atoms with van der Waals surface area (Å²) in [7, 11) is 1.53. The van der Waals surface area contributed by atoms with Crippen LogP contribution in [0.15, 0.2) is 54.5 Å². The molecule has 0 fully saturated rings. The molecule has 0 aliphatic rings. The number of carbonyl (C=O) groups is 1. The number of amides is 1. The quantitative estimate of drug-likeness (QED) is 0.630. The fourth-order valence-corrected chi connectivity index (χ4v) is 2.03. The number of benzene rings is 1. The summed E-state index contributed by atoms with van der Waals surface area (Å²) in [4.78, 5) is 16.2. The minimum absolute atomic E-state index is 0.0207. The first kappa shape index (κ1) is 17.0. The van der Waals surface area contributed by atoms with Crippen LogP contribution in [0.5, 0.6) is 5.75 Å². The highest BCUT2D eigenvalue weighted by molar-refractivity contribution is 6.07. The van der Waals surface area contributed by atoms with Gasteiger partial charge in [0.15, 0.2) is 0 Å². The van der Waals surface area contributed by atoms with Crippen LogP contribution in [-0.4, -0.2) is 18.0 Å². The molecule has 0 saturated heterocycles. The van der Waals surface area contributed by atoms with Crippen LogP contribution in [0.3, 0.4) is 0 Å². The SMILES string of the molecule is COc1ccc(C)cc1NC(=O)/C(C#N)=C\NCc1ccncc1. The van der Waals surface area contributed by atoms with E-state index in [4.69, 9.17) is 4.74 Å². The predicted octanol–water partition coefficient (Wildman–Crippen LogP) is 2.53. The van der Waals surface area contributed by atoms with E-state index in [0.717, 1.165) is 11.1 Å². The Morgan fingerprint density at radius 1 is 1.33 bits per heavy atom. The summed E-state index contributed by atoms with van der Waals surface area (Å²) in [6.45, 7) is 2.40. The van der Waals surface area contributed by atoms with Crippen LogP contribution in [-0.2, 0) is 11.3 Å². The van der Waals surface area contributed by atoms with E-state index in [1.54, 1.807) is 24.5 Å². The van der Waals surface area contributed by atoms with Crippen molar-refractivity contribution in [2.24, 2.45) is 0 Å². The number of carbonyl (C=O) groups excluding carboxylic acids is 1. The smallest absolute Gasteiger partial charge is 0.267 e. The van der Waals surface area contributed by atoms with Crippen molar-refractivity contribution in [3.63, 3.8) is 0 Å². The van der Waals surface area contributed by atoms with Crippen molar-refractivity contribution in [1.82, 2.24) is 10.3 Å². The molecule has 0 unspecified atom stereocenters. The van der Waals surface area contributed by atoms with Gasteiger partial charge >= 0.3 is 0 Å². The monoisotopic (exact) mass is 322 g/mol. The largest absolute Gasteiger partial charge is 0.495 e. The Labute approximate surface area is 140 Å². The van der Waals surface area contributed by atoms with E-state index in [-0.39, 0.29) is 5.57 Å². The van der Waals surface area contributed by atoms with Crippen LogP contribution < -0.4 is 15.4 Å². The minimum Gasteiger partial charge on any atom is -0.495 e. The van der Waals surface area contributed by atoms with E-state index in [9.17, 15) is 10.1 Å². The van der Waals surface area contributed by atoms with Crippen LogP contribution in [0.4, 0.5) is 5.69 Å². The van der Waals surface area contributed by atoms with E-state index in [1.165, 1.54) is 13.3 Å². The lowest BCUT2D eigenvalue weighted by molar-refractivity contribution is -0.112. The first-order chi connectivity index (χ1) is 11.6. The number of ether oxygens (including phenoxy) is 1. The number of methoxy groups -OCH3 is 1. The number of aromatic nitrogens is 1. The molecule has 0 aliphatic carbocycles. The van der Waals surface area contributed by atoms with Gasteiger partial charge in [0.25, 0.3) is 5.91 Å². The second-order valence-electron chi connectivity index (χ2n) is 5.06. The van der Waals surface area contributed by atoms with E-state index < -0.39 is 5.91 Å². The van der Waals surface area contributed by atoms with Crippen molar-refractivity contribution < 1.29 is 9.53 Å². The van der Waals surface area contributed by atoms with Crippen molar-refractivity contribution in [3.05, 3.63) is 65.6 Å².